The van der Waals surface area contributed by atoms with Crippen LogP contribution in [-0.4, -0.2) is 53.5 Å². The summed E-state index contributed by atoms with van der Waals surface area (Å²) >= 11 is 0. The van der Waals surface area contributed by atoms with Crippen LogP contribution in [-0.2, 0) is 14.3 Å². The number of piperidine rings is 1. The largest absolute Gasteiger partial charge is 0.479 e. The Balaban J connectivity index is 1.90. The molecule has 1 unspecified atom stereocenters. The number of nitrogens with zero attached hydrogens (tertiary/aromatic N) is 1. The van der Waals surface area contributed by atoms with Gasteiger partial charge in [0.25, 0.3) is 0 Å². The number of likely N-dealkylation sites (tertiary alicyclic amines) is 1. The number of carboxylic acids is 1. The molecule has 2 fully saturated rings. The van der Waals surface area contributed by atoms with E-state index in [-0.39, 0.29) is 11.5 Å². The quantitative estimate of drug-likeness (QED) is 0.803. The second-order valence-electron chi connectivity index (χ2n) is 7.12. The van der Waals surface area contributed by atoms with Crippen molar-refractivity contribution in [2.75, 3.05) is 19.7 Å². The van der Waals surface area contributed by atoms with Gasteiger partial charge in [-0.1, -0.05) is 0 Å². The van der Waals surface area contributed by atoms with E-state index in [1.807, 2.05) is 20.8 Å². The molecule has 120 valence electrons. The molecule has 2 rings (SSSR count). The molecule has 2 aliphatic rings. The molecule has 1 amide bonds. The lowest BCUT2D eigenvalue weighted by molar-refractivity contribution is -0.160. The van der Waals surface area contributed by atoms with Crippen molar-refractivity contribution in [1.82, 2.24) is 4.90 Å². The van der Waals surface area contributed by atoms with E-state index in [1.54, 1.807) is 4.90 Å². The Kier molecular flexibility index (Phi) is 4.46. The van der Waals surface area contributed by atoms with Gasteiger partial charge in [0, 0.05) is 19.7 Å². The first-order valence-electron chi connectivity index (χ1n) is 7.53. The first kappa shape index (κ1) is 16.1. The standard InChI is InChI=1S/C15H25NO5/c1-14(2,3)21-13(19)16-7-4-15(5-8-16)6-9-20-11(10-15)12(17)18/h11H,4-10H2,1-3H3,(H,17,18). The normalized spacial score (nSPS) is 25.7. The Morgan fingerprint density at radius 1 is 1.24 bits per heavy atom. The third-order valence-corrected chi connectivity index (χ3v) is 4.32. The molecule has 0 aromatic heterocycles. The number of aliphatic carboxylic acids is 1. The van der Waals surface area contributed by atoms with Gasteiger partial charge in [-0.2, -0.15) is 0 Å². The lowest BCUT2D eigenvalue weighted by Gasteiger charge is -2.45. The minimum Gasteiger partial charge on any atom is -0.479 e. The van der Waals surface area contributed by atoms with Crippen LogP contribution in [0.15, 0.2) is 0 Å². The van der Waals surface area contributed by atoms with Gasteiger partial charge in [0.15, 0.2) is 6.10 Å². The van der Waals surface area contributed by atoms with Gasteiger partial charge in [-0.05, 0) is 51.9 Å². The molecule has 1 N–H and O–H groups in total. The lowest BCUT2D eigenvalue weighted by atomic mass is 9.71. The number of carboxylic acid groups (broad SMARTS) is 1. The van der Waals surface area contributed by atoms with E-state index in [2.05, 4.69) is 0 Å². The van der Waals surface area contributed by atoms with Gasteiger partial charge in [0.05, 0.1) is 0 Å². The van der Waals surface area contributed by atoms with Crippen molar-refractivity contribution >= 4 is 12.1 Å². The van der Waals surface area contributed by atoms with Crippen molar-refractivity contribution in [3.63, 3.8) is 0 Å². The highest BCUT2D eigenvalue weighted by atomic mass is 16.6. The predicted octanol–water partition coefficient (Wildman–Crippen LogP) is 2.27. The van der Waals surface area contributed by atoms with Gasteiger partial charge < -0.3 is 19.5 Å². The second-order valence-corrected chi connectivity index (χ2v) is 7.12. The first-order valence-corrected chi connectivity index (χ1v) is 7.53. The van der Waals surface area contributed by atoms with Crippen LogP contribution in [0.5, 0.6) is 0 Å². The summed E-state index contributed by atoms with van der Waals surface area (Å²) < 4.78 is 10.7. The monoisotopic (exact) mass is 299 g/mol. The van der Waals surface area contributed by atoms with Crippen molar-refractivity contribution in [3.05, 3.63) is 0 Å². The summed E-state index contributed by atoms with van der Waals surface area (Å²) in [6.45, 7) is 7.30. The maximum Gasteiger partial charge on any atom is 0.410 e. The van der Waals surface area contributed by atoms with Crippen LogP contribution in [0.1, 0.15) is 46.5 Å². The molecule has 0 saturated carbocycles. The zero-order chi connectivity index (χ0) is 15.7. The van der Waals surface area contributed by atoms with Crippen molar-refractivity contribution in [2.24, 2.45) is 5.41 Å². The van der Waals surface area contributed by atoms with Crippen molar-refractivity contribution in [1.29, 1.82) is 0 Å². The van der Waals surface area contributed by atoms with E-state index in [0.29, 0.717) is 26.1 Å². The Labute approximate surface area is 125 Å². The number of carbonyl (C=O) groups is 2. The van der Waals surface area contributed by atoms with Gasteiger partial charge in [-0.15, -0.1) is 0 Å². The highest BCUT2D eigenvalue weighted by Crippen LogP contribution is 2.42. The van der Waals surface area contributed by atoms with E-state index in [4.69, 9.17) is 14.6 Å². The van der Waals surface area contributed by atoms with Gasteiger partial charge in [-0.25, -0.2) is 9.59 Å². The fourth-order valence-electron chi connectivity index (χ4n) is 3.07. The molecule has 0 radical (unpaired) electrons. The van der Waals surface area contributed by atoms with Gasteiger partial charge in [0.1, 0.15) is 5.60 Å². The smallest absolute Gasteiger partial charge is 0.410 e. The number of carbonyl (C=O) groups excluding carboxylic acids is 1. The first-order chi connectivity index (χ1) is 9.71. The zero-order valence-corrected chi connectivity index (χ0v) is 13.1. The minimum atomic E-state index is -0.886. The van der Waals surface area contributed by atoms with Crippen LogP contribution < -0.4 is 0 Å². The van der Waals surface area contributed by atoms with Crippen LogP contribution in [0.2, 0.25) is 0 Å². The number of hydrogen-bond donors (Lipinski definition) is 1. The molecule has 0 aromatic rings. The van der Waals surface area contributed by atoms with Crippen LogP contribution >= 0.6 is 0 Å². The van der Waals surface area contributed by atoms with E-state index in [1.165, 1.54) is 0 Å². The van der Waals surface area contributed by atoms with E-state index >= 15 is 0 Å². The summed E-state index contributed by atoms with van der Waals surface area (Å²) in [5.74, 6) is -0.886. The number of amides is 1. The highest BCUT2D eigenvalue weighted by Gasteiger charge is 2.42. The molecule has 6 nitrogen and oxygen atoms in total. The molecular formula is C15H25NO5. The van der Waals surface area contributed by atoms with Crippen molar-refractivity contribution in [3.8, 4) is 0 Å². The van der Waals surface area contributed by atoms with E-state index in [0.717, 1.165) is 19.3 Å². The molecular weight excluding hydrogens is 274 g/mol. The average molecular weight is 299 g/mol. The average Bonchev–Trinajstić information content (AvgIpc) is 2.37. The molecule has 0 aromatic carbocycles. The Morgan fingerprint density at radius 3 is 2.38 bits per heavy atom. The fraction of sp³-hybridized carbons (Fsp3) is 0.867. The maximum absolute atomic E-state index is 12.0. The van der Waals surface area contributed by atoms with Crippen LogP contribution in [0.4, 0.5) is 4.79 Å². The summed E-state index contributed by atoms with van der Waals surface area (Å²) in [7, 11) is 0. The molecule has 1 spiro atoms. The SMILES string of the molecule is CC(C)(C)OC(=O)N1CCC2(CCOC(C(=O)O)C2)CC1. The summed E-state index contributed by atoms with van der Waals surface area (Å²) in [5, 5.41) is 9.11. The Bertz CT molecular complexity index is 407. The number of rotatable bonds is 1. The Morgan fingerprint density at radius 2 is 1.86 bits per heavy atom. The van der Waals surface area contributed by atoms with Crippen molar-refractivity contribution in [2.45, 2.75) is 58.2 Å². The predicted molar refractivity (Wildman–Crippen MR) is 76.1 cm³/mol. The summed E-state index contributed by atoms with van der Waals surface area (Å²) in [5.41, 5.74) is -0.487. The molecule has 21 heavy (non-hydrogen) atoms. The maximum atomic E-state index is 12.0. The molecule has 2 aliphatic heterocycles. The van der Waals surface area contributed by atoms with E-state index < -0.39 is 17.7 Å². The van der Waals surface area contributed by atoms with Crippen LogP contribution in [0, 0.1) is 5.41 Å². The fourth-order valence-corrected chi connectivity index (χ4v) is 3.07. The Hall–Kier alpha value is -1.30. The molecule has 6 heteroatoms. The minimum absolute atomic E-state index is 0.000179. The molecule has 2 saturated heterocycles. The van der Waals surface area contributed by atoms with Gasteiger partial charge in [-0.3, -0.25) is 0 Å². The highest BCUT2D eigenvalue weighted by molar-refractivity contribution is 5.72. The van der Waals surface area contributed by atoms with Crippen LogP contribution in [0.3, 0.4) is 0 Å². The summed E-state index contributed by atoms with van der Waals surface area (Å²) in [6, 6.07) is 0. The summed E-state index contributed by atoms with van der Waals surface area (Å²) in [4.78, 5) is 24.9. The molecule has 0 bridgehead atoms. The van der Waals surface area contributed by atoms with Crippen molar-refractivity contribution < 1.29 is 24.2 Å². The topological polar surface area (TPSA) is 76.1 Å². The number of hydrogen-bond acceptors (Lipinski definition) is 4. The lowest BCUT2D eigenvalue weighted by Crippen LogP contribution is -2.49. The molecule has 1 atom stereocenters. The van der Waals surface area contributed by atoms with Crippen LogP contribution in [0.25, 0.3) is 0 Å². The second kappa shape index (κ2) is 5.83. The van der Waals surface area contributed by atoms with Gasteiger partial charge >= 0.3 is 12.1 Å². The third-order valence-electron chi connectivity index (χ3n) is 4.32. The van der Waals surface area contributed by atoms with E-state index in [9.17, 15) is 9.59 Å². The van der Waals surface area contributed by atoms with Gasteiger partial charge in [0.2, 0.25) is 0 Å². The third kappa shape index (κ3) is 4.09. The molecule has 2 heterocycles. The zero-order valence-electron chi connectivity index (χ0n) is 13.1. The number of ether oxygens (including phenoxy) is 2. The summed E-state index contributed by atoms with van der Waals surface area (Å²) in [6.07, 6.45) is 2.08. The molecule has 0 aliphatic carbocycles.